The van der Waals surface area contributed by atoms with Gasteiger partial charge in [0.1, 0.15) is 10.3 Å². The molecule has 5 aromatic rings. The van der Waals surface area contributed by atoms with Crippen molar-refractivity contribution in [3.05, 3.63) is 121 Å². The normalized spacial score (nSPS) is 14.5. The van der Waals surface area contributed by atoms with Gasteiger partial charge in [0.05, 0.1) is 17.8 Å². The summed E-state index contributed by atoms with van der Waals surface area (Å²) in [5, 5.41) is 4.28. The fourth-order valence-corrected chi connectivity index (χ4v) is 5.16. The van der Waals surface area contributed by atoms with Crippen molar-refractivity contribution >= 4 is 33.5 Å². The largest absolute Gasteiger partial charge is 0.303 e. The van der Waals surface area contributed by atoms with Gasteiger partial charge in [-0.15, -0.1) is 0 Å². The number of hydrogen-bond acceptors (Lipinski definition) is 6. The molecular weight excluding hydrogens is 467 g/mol. The maximum Gasteiger partial charge on any atom is 0.300 e. The molecule has 0 spiro atoms. The lowest BCUT2D eigenvalue weighted by atomic mass is 10.1. The molecule has 0 fully saturated rings. The Bertz CT molecular complexity index is 1800. The Labute approximate surface area is 201 Å². The predicted octanol–water partition coefficient (Wildman–Crippen LogP) is 2.78. The summed E-state index contributed by atoms with van der Waals surface area (Å²) in [4.78, 5) is 45.4. The van der Waals surface area contributed by atoms with Crippen LogP contribution >= 0.6 is 11.3 Å². The molecule has 3 heterocycles. The third-order valence-electron chi connectivity index (χ3n) is 5.81. The highest BCUT2D eigenvalue weighted by Crippen LogP contribution is 2.36. The monoisotopic (exact) mass is 482 g/mol. The average Bonchev–Trinajstić information content (AvgIpc) is 3.33. The van der Waals surface area contributed by atoms with E-state index in [1.807, 2.05) is 12.1 Å². The average molecular weight is 482 g/mol. The van der Waals surface area contributed by atoms with E-state index in [0.29, 0.717) is 16.8 Å². The lowest BCUT2D eigenvalue weighted by Gasteiger charge is -2.17. The second kappa shape index (κ2) is 8.07. The van der Waals surface area contributed by atoms with Crippen molar-refractivity contribution in [3.63, 3.8) is 0 Å². The Morgan fingerprint density at radius 3 is 2.34 bits per heavy atom. The van der Waals surface area contributed by atoms with Crippen LogP contribution in [0, 0.1) is 5.82 Å². The van der Waals surface area contributed by atoms with E-state index in [1.54, 1.807) is 59.5 Å². The van der Waals surface area contributed by atoms with Crippen molar-refractivity contribution in [1.29, 1.82) is 0 Å². The minimum absolute atomic E-state index is 0.0608. The maximum absolute atomic E-state index is 13.6. The highest BCUT2D eigenvalue weighted by molar-refractivity contribution is 7.15. The van der Waals surface area contributed by atoms with E-state index in [4.69, 9.17) is 0 Å². The first kappa shape index (κ1) is 21.1. The Kier molecular flexibility index (Phi) is 4.85. The molecule has 9 heteroatoms. The van der Waals surface area contributed by atoms with Crippen LogP contribution in [0.5, 0.6) is 0 Å². The van der Waals surface area contributed by atoms with Gasteiger partial charge in [-0.25, -0.2) is 4.39 Å². The van der Waals surface area contributed by atoms with Crippen molar-refractivity contribution in [2.75, 3.05) is 4.90 Å². The zero-order valence-electron chi connectivity index (χ0n) is 18.0. The molecule has 2 aromatic heterocycles. The summed E-state index contributed by atoms with van der Waals surface area (Å²) in [7, 11) is 0. The third kappa shape index (κ3) is 3.44. The van der Waals surface area contributed by atoms with Crippen LogP contribution in [0.25, 0.3) is 21.8 Å². The molecule has 1 amide bonds. The number of para-hydroxylation sites is 1. The number of benzene rings is 3. The van der Waals surface area contributed by atoms with E-state index in [2.05, 4.69) is 10.1 Å². The fourth-order valence-electron chi connectivity index (χ4n) is 4.17. The van der Waals surface area contributed by atoms with Gasteiger partial charge >= 0.3 is 5.56 Å². The van der Waals surface area contributed by atoms with Gasteiger partial charge < -0.3 is 4.90 Å². The zero-order valence-corrected chi connectivity index (χ0v) is 18.8. The summed E-state index contributed by atoms with van der Waals surface area (Å²) < 4.78 is 14.6. The molecule has 6 rings (SSSR count). The number of anilines is 1. The number of nitrogens with zero attached hydrogens (tertiary/aromatic N) is 4. The number of hydrogen-bond donors (Lipinski definition) is 0. The van der Waals surface area contributed by atoms with Gasteiger partial charge in [-0.2, -0.15) is 14.6 Å². The van der Waals surface area contributed by atoms with E-state index in [9.17, 15) is 18.8 Å². The molecule has 1 aliphatic rings. The second-order valence-corrected chi connectivity index (χ2v) is 8.95. The Morgan fingerprint density at radius 1 is 0.857 bits per heavy atom. The number of carbonyl (C=O) groups excluding carboxylic acids is 1. The van der Waals surface area contributed by atoms with Crippen LogP contribution in [-0.2, 0) is 11.3 Å². The lowest BCUT2D eigenvalue weighted by Crippen LogP contribution is -2.32. The zero-order chi connectivity index (χ0) is 24.1. The molecule has 1 aliphatic heterocycles. The summed E-state index contributed by atoms with van der Waals surface area (Å²) in [5.74, 6) is -0.717. The topological polar surface area (TPSA) is 84.6 Å². The summed E-state index contributed by atoms with van der Waals surface area (Å²) in [6, 6.07) is 21.9. The minimum Gasteiger partial charge on any atom is -0.303 e. The second-order valence-electron chi connectivity index (χ2n) is 7.97. The predicted molar refractivity (Wildman–Crippen MR) is 131 cm³/mol. The van der Waals surface area contributed by atoms with Crippen LogP contribution in [0.1, 0.15) is 11.1 Å². The molecule has 0 radical (unpaired) electrons. The third-order valence-corrected chi connectivity index (χ3v) is 6.84. The number of carbonyl (C=O) groups is 1. The lowest BCUT2D eigenvalue weighted by molar-refractivity contribution is -0.113. The number of amides is 1. The van der Waals surface area contributed by atoms with E-state index < -0.39 is 11.1 Å². The van der Waals surface area contributed by atoms with Crippen LogP contribution in [0.4, 0.5) is 10.1 Å². The van der Waals surface area contributed by atoms with E-state index in [1.165, 1.54) is 12.1 Å². The highest BCUT2D eigenvalue weighted by atomic mass is 32.1. The maximum atomic E-state index is 13.6. The van der Waals surface area contributed by atoms with Gasteiger partial charge in [0.25, 0.3) is 11.5 Å². The molecule has 0 saturated heterocycles. The summed E-state index contributed by atoms with van der Waals surface area (Å²) in [5.41, 5.74) is 1.78. The first-order chi connectivity index (χ1) is 17.0. The van der Waals surface area contributed by atoms with Crippen LogP contribution < -0.4 is 20.6 Å². The van der Waals surface area contributed by atoms with Crippen LogP contribution in [-0.4, -0.2) is 20.5 Å². The summed E-state index contributed by atoms with van der Waals surface area (Å²) in [6.07, 6.45) is 0. The van der Waals surface area contributed by atoms with Crippen LogP contribution in [0.15, 0.2) is 88.5 Å². The molecule has 3 aromatic carbocycles. The first-order valence-corrected chi connectivity index (χ1v) is 11.5. The van der Waals surface area contributed by atoms with E-state index >= 15 is 0 Å². The van der Waals surface area contributed by atoms with Crippen molar-refractivity contribution in [2.24, 2.45) is 0 Å². The molecule has 0 bridgehead atoms. The molecule has 7 nitrogen and oxygen atoms in total. The highest BCUT2D eigenvalue weighted by Gasteiger charge is 2.34. The molecule has 35 heavy (non-hydrogen) atoms. The molecule has 0 aliphatic carbocycles. The number of aromatic nitrogens is 3. The minimum atomic E-state index is -0.551. The van der Waals surface area contributed by atoms with Gasteiger partial charge in [0, 0.05) is 11.1 Å². The smallest absolute Gasteiger partial charge is 0.300 e. The number of rotatable bonds is 3. The molecule has 0 N–H and O–H groups in total. The molecule has 0 unspecified atom stereocenters. The Balaban J connectivity index is 1.55. The molecule has 0 atom stereocenters. The first-order valence-electron chi connectivity index (χ1n) is 10.7. The van der Waals surface area contributed by atoms with E-state index in [-0.39, 0.29) is 39.0 Å². The van der Waals surface area contributed by atoms with Crippen molar-refractivity contribution in [2.45, 2.75) is 6.54 Å². The van der Waals surface area contributed by atoms with Gasteiger partial charge in [0.2, 0.25) is 4.96 Å². The SMILES string of the molecule is O=C1/C(=c2\sc3nc(=O)c(-c4ccccc4)nn3c2=O)c2ccccc2N1Cc1ccc(F)cc1. The van der Waals surface area contributed by atoms with Gasteiger partial charge in [-0.05, 0) is 23.8 Å². The van der Waals surface area contributed by atoms with Crippen molar-refractivity contribution < 1.29 is 9.18 Å². The fraction of sp³-hybridized carbons (Fsp3) is 0.0385. The molecule has 0 saturated carbocycles. The van der Waals surface area contributed by atoms with Crippen LogP contribution in [0.2, 0.25) is 0 Å². The number of halogens is 1. The Hall–Kier alpha value is -4.50. The van der Waals surface area contributed by atoms with Crippen LogP contribution in [0.3, 0.4) is 0 Å². The van der Waals surface area contributed by atoms with E-state index in [0.717, 1.165) is 21.4 Å². The van der Waals surface area contributed by atoms with Crippen molar-refractivity contribution in [1.82, 2.24) is 14.6 Å². The van der Waals surface area contributed by atoms with Gasteiger partial charge in [-0.3, -0.25) is 14.4 Å². The number of thiazole rings is 1. The summed E-state index contributed by atoms with van der Waals surface area (Å²) in [6.45, 7) is 0.214. The standard InChI is InChI=1S/C26H15FN4O3S/c27-17-12-10-15(11-13-17)14-30-19-9-5-4-8-18(19)20(24(30)33)22-25(34)31-26(35-22)28-23(32)21(29-31)16-6-2-1-3-7-16/h1-13H,14H2/b22-20-. The summed E-state index contributed by atoms with van der Waals surface area (Å²) >= 11 is 0.960. The quantitative estimate of drug-likeness (QED) is 0.395. The Morgan fingerprint density at radius 2 is 1.57 bits per heavy atom. The van der Waals surface area contributed by atoms with Crippen molar-refractivity contribution in [3.8, 4) is 11.3 Å². The van der Waals surface area contributed by atoms with Gasteiger partial charge in [0.15, 0.2) is 5.69 Å². The molecule has 170 valence electrons. The molecular formula is C26H15FN4O3S. The van der Waals surface area contributed by atoms with Gasteiger partial charge in [-0.1, -0.05) is 72.0 Å². The number of fused-ring (bicyclic) bond motifs is 2.